The molecule has 1 aliphatic rings. The van der Waals surface area contributed by atoms with Gasteiger partial charge in [0.05, 0.1) is 26.9 Å². The normalized spacial score (nSPS) is 18.3. The summed E-state index contributed by atoms with van der Waals surface area (Å²) in [7, 11) is 4.65. The first-order valence-electron chi connectivity index (χ1n) is 6.84. The van der Waals surface area contributed by atoms with Gasteiger partial charge in [-0.3, -0.25) is 4.79 Å². The summed E-state index contributed by atoms with van der Waals surface area (Å²) in [5.41, 5.74) is 0.497. The van der Waals surface area contributed by atoms with Gasteiger partial charge in [-0.2, -0.15) is 0 Å². The summed E-state index contributed by atoms with van der Waals surface area (Å²) in [4.78, 5) is 14.9. The van der Waals surface area contributed by atoms with E-state index < -0.39 is 0 Å². The number of carbonyl (C=O) groups excluding carboxylic acids is 1. The highest BCUT2D eigenvalue weighted by Crippen LogP contribution is 2.35. The first-order valence-corrected chi connectivity index (χ1v) is 7.75. The molecule has 2 rings (SSSR count). The molecule has 0 aromatic heterocycles. The van der Waals surface area contributed by atoms with Crippen LogP contribution in [0, 0.1) is 0 Å². The van der Waals surface area contributed by atoms with E-state index >= 15 is 0 Å². The van der Waals surface area contributed by atoms with E-state index in [1.807, 2.05) is 4.90 Å². The van der Waals surface area contributed by atoms with Crippen molar-refractivity contribution >= 4 is 21.8 Å². The third-order valence-electron chi connectivity index (χ3n) is 3.59. The lowest BCUT2D eigenvalue weighted by Gasteiger charge is -2.30. The fraction of sp³-hybridized carbons (Fsp3) is 0.533. The second-order valence-corrected chi connectivity index (χ2v) is 6.19. The van der Waals surface area contributed by atoms with E-state index in [4.69, 9.17) is 14.2 Å². The Morgan fingerprint density at radius 3 is 2.33 bits per heavy atom. The van der Waals surface area contributed by atoms with Crippen LogP contribution in [-0.4, -0.2) is 50.1 Å². The van der Waals surface area contributed by atoms with Crippen molar-refractivity contribution in [3.63, 3.8) is 0 Å². The average Bonchev–Trinajstić information content (AvgIpc) is 2.52. The number of carbonyl (C=O) groups is 1. The minimum atomic E-state index is -0.0445. The molecule has 0 radical (unpaired) electrons. The Hall–Kier alpha value is -1.43. The third-order valence-corrected chi connectivity index (χ3v) is 4.33. The molecule has 5 nitrogen and oxygen atoms in total. The molecule has 116 valence electrons. The Morgan fingerprint density at radius 2 is 1.76 bits per heavy atom. The fourth-order valence-corrected chi connectivity index (χ4v) is 3.15. The second-order valence-electron chi connectivity index (χ2n) is 4.90. The van der Waals surface area contributed by atoms with E-state index in [2.05, 4.69) is 15.9 Å². The maximum atomic E-state index is 12.7. The number of ether oxygens (including phenoxy) is 3. The average molecular weight is 358 g/mol. The number of methoxy groups -OCH3 is 3. The zero-order valence-electron chi connectivity index (χ0n) is 12.5. The molecule has 21 heavy (non-hydrogen) atoms. The van der Waals surface area contributed by atoms with Crippen LogP contribution in [-0.2, 0) is 0 Å². The Bertz CT molecular complexity index is 521. The van der Waals surface area contributed by atoms with Gasteiger partial charge in [-0.05, 0) is 12.8 Å². The van der Waals surface area contributed by atoms with Gasteiger partial charge >= 0.3 is 0 Å². The lowest BCUT2D eigenvalue weighted by Crippen LogP contribution is -2.40. The number of amides is 1. The van der Waals surface area contributed by atoms with Crippen molar-refractivity contribution in [2.45, 2.75) is 17.7 Å². The Labute approximate surface area is 133 Å². The van der Waals surface area contributed by atoms with Gasteiger partial charge in [0.25, 0.3) is 5.91 Å². The van der Waals surface area contributed by atoms with Crippen molar-refractivity contribution in [3.05, 3.63) is 17.7 Å². The zero-order valence-corrected chi connectivity index (χ0v) is 14.1. The summed E-state index contributed by atoms with van der Waals surface area (Å²) < 4.78 is 15.8. The third kappa shape index (κ3) is 3.43. The predicted molar refractivity (Wildman–Crippen MR) is 84.0 cm³/mol. The van der Waals surface area contributed by atoms with Crippen LogP contribution in [0.2, 0.25) is 0 Å². The van der Waals surface area contributed by atoms with Gasteiger partial charge < -0.3 is 19.1 Å². The van der Waals surface area contributed by atoms with Crippen LogP contribution in [0.15, 0.2) is 12.1 Å². The quantitative estimate of drug-likeness (QED) is 0.777. The van der Waals surface area contributed by atoms with Crippen LogP contribution >= 0.6 is 15.9 Å². The van der Waals surface area contributed by atoms with E-state index in [0.717, 1.165) is 19.4 Å². The van der Waals surface area contributed by atoms with Crippen molar-refractivity contribution in [1.82, 2.24) is 4.90 Å². The highest BCUT2D eigenvalue weighted by Gasteiger charge is 2.26. The van der Waals surface area contributed by atoms with Gasteiger partial charge in [0, 0.05) is 30.0 Å². The number of likely N-dealkylation sites (tertiary alicyclic amines) is 1. The highest BCUT2D eigenvalue weighted by atomic mass is 79.9. The summed E-state index contributed by atoms with van der Waals surface area (Å²) >= 11 is 3.59. The van der Waals surface area contributed by atoms with Crippen LogP contribution < -0.4 is 14.2 Å². The van der Waals surface area contributed by atoms with E-state index in [9.17, 15) is 4.79 Å². The molecule has 1 unspecified atom stereocenters. The summed E-state index contributed by atoms with van der Waals surface area (Å²) in [5.74, 6) is 1.52. The number of hydrogen-bond donors (Lipinski definition) is 0. The molecule has 1 aromatic rings. The van der Waals surface area contributed by atoms with Crippen molar-refractivity contribution < 1.29 is 19.0 Å². The van der Waals surface area contributed by atoms with E-state index in [1.165, 1.54) is 0 Å². The van der Waals surface area contributed by atoms with Crippen LogP contribution in [0.1, 0.15) is 23.2 Å². The Morgan fingerprint density at radius 1 is 1.14 bits per heavy atom. The van der Waals surface area contributed by atoms with Crippen molar-refractivity contribution in [3.8, 4) is 17.2 Å². The maximum absolute atomic E-state index is 12.7. The molecule has 1 aliphatic heterocycles. The van der Waals surface area contributed by atoms with E-state index in [0.29, 0.717) is 34.2 Å². The fourth-order valence-electron chi connectivity index (χ4n) is 2.48. The Balaban J connectivity index is 2.34. The number of rotatable bonds is 4. The van der Waals surface area contributed by atoms with Crippen molar-refractivity contribution in [2.24, 2.45) is 0 Å². The topological polar surface area (TPSA) is 48.0 Å². The monoisotopic (exact) mass is 357 g/mol. The minimum absolute atomic E-state index is 0.0445. The standard InChI is InChI=1S/C15H20BrNO4/c1-19-12-8-14(21-3)13(20-2)7-11(12)15(18)17-6-4-5-10(16)9-17/h7-8,10H,4-6,9H2,1-3H3. The smallest absolute Gasteiger partial charge is 0.257 e. The molecule has 0 spiro atoms. The molecule has 1 saturated heterocycles. The van der Waals surface area contributed by atoms with Crippen molar-refractivity contribution in [2.75, 3.05) is 34.4 Å². The molecule has 1 aromatic carbocycles. The van der Waals surface area contributed by atoms with Crippen LogP contribution in [0.25, 0.3) is 0 Å². The van der Waals surface area contributed by atoms with Gasteiger partial charge in [-0.25, -0.2) is 0 Å². The molecular weight excluding hydrogens is 338 g/mol. The molecule has 0 saturated carbocycles. The maximum Gasteiger partial charge on any atom is 0.257 e. The van der Waals surface area contributed by atoms with Gasteiger partial charge in [0.1, 0.15) is 5.75 Å². The number of piperidine rings is 1. The van der Waals surface area contributed by atoms with E-state index in [1.54, 1.807) is 33.5 Å². The summed E-state index contributed by atoms with van der Waals surface area (Å²) in [6, 6.07) is 3.36. The van der Waals surface area contributed by atoms with Crippen LogP contribution in [0.5, 0.6) is 17.2 Å². The van der Waals surface area contributed by atoms with Crippen LogP contribution in [0.3, 0.4) is 0 Å². The molecule has 0 aliphatic carbocycles. The Kier molecular flexibility index (Phi) is 5.33. The first-order chi connectivity index (χ1) is 10.1. The molecule has 1 atom stereocenters. The molecule has 1 amide bonds. The molecule has 1 fully saturated rings. The summed E-state index contributed by atoms with van der Waals surface area (Å²) in [6.45, 7) is 1.47. The molecule has 0 N–H and O–H groups in total. The van der Waals surface area contributed by atoms with E-state index in [-0.39, 0.29) is 5.91 Å². The highest BCUT2D eigenvalue weighted by molar-refractivity contribution is 9.09. The number of benzene rings is 1. The molecule has 6 heteroatoms. The number of nitrogens with zero attached hydrogens (tertiary/aromatic N) is 1. The molecule has 0 bridgehead atoms. The van der Waals surface area contributed by atoms with Gasteiger partial charge in [0.15, 0.2) is 11.5 Å². The minimum Gasteiger partial charge on any atom is -0.496 e. The molecule has 1 heterocycles. The van der Waals surface area contributed by atoms with Crippen molar-refractivity contribution in [1.29, 1.82) is 0 Å². The summed E-state index contributed by atoms with van der Waals surface area (Å²) in [6.07, 6.45) is 2.09. The van der Waals surface area contributed by atoms with Gasteiger partial charge in [-0.15, -0.1) is 0 Å². The lowest BCUT2D eigenvalue weighted by atomic mass is 10.1. The SMILES string of the molecule is COc1cc(OC)c(C(=O)N2CCCC(Br)C2)cc1OC. The van der Waals surface area contributed by atoms with Crippen LogP contribution in [0.4, 0.5) is 0 Å². The predicted octanol–water partition coefficient (Wildman–Crippen LogP) is 2.71. The number of alkyl halides is 1. The lowest BCUT2D eigenvalue weighted by molar-refractivity contribution is 0.0726. The largest absolute Gasteiger partial charge is 0.496 e. The second kappa shape index (κ2) is 7.02. The summed E-state index contributed by atoms with van der Waals surface area (Å²) in [5, 5.41) is 0. The van der Waals surface area contributed by atoms with Gasteiger partial charge in [-0.1, -0.05) is 15.9 Å². The number of halogens is 1. The molecular formula is C15H20BrNO4. The zero-order chi connectivity index (χ0) is 15.4. The van der Waals surface area contributed by atoms with Gasteiger partial charge in [0.2, 0.25) is 0 Å². The number of hydrogen-bond acceptors (Lipinski definition) is 4. The first kappa shape index (κ1) is 15.9.